The Kier molecular flexibility index (Phi) is 4.67. The van der Waals surface area contributed by atoms with Gasteiger partial charge < -0.3 is 15.1 Å². The van der Waals surface area contributed by atoms with Crippen LogP contribution in [0, 0.1) is 12.8 Å². The van der Waals surface area contributed by atoms with Crippen molar-refractivity contribution >= 4 is 11.6 Å². The molecule has 4 nitrogen and oxygen atoms in total. The van der Waals surface area contributed by atoms with E-state index >= 15 is 0 Å². The molecular weight excluding hydrogens is 274 g/mol. The lowest BCUT2D eigenvalue weighted by Gasteiger charge is -2.24. The van der Waals surface area contributed by atoms with Gasteiger partial charge in [0.2, 0.25) is 0 Å². The lowest BCUT2D eigenvalue weighted by atomic mass is 10.1. The van der Waals surface area contributed by atoms with E-state index in [-0.39, 0.29) is 5.91 Å². The Morgan fingerprint density at radius 1 is 1.27 bits per heavy atom. The van der Waals surface area contributed by atoms with E-state index in [1.165, 1.54) is 12.8 Å². The first-order chi connectivity index (χ1) is 10.7. The predicted molar refractivity (Wildman–Crippen MR) is 90.6 cm³/mol. The number of hydrogen-bond donors (Lipinski definition) is 1. The topological polar surface area (TPSA) is 35.6 Å². The number of amides is 1. The molecule has 0 bridgehead atoms. The van der Waals surface area contributed by atoms with Crippen LogP contribution >= 0.6 is 0 Å². The fourth-order valence-corrected chi connectivity index (χ4v) is 3.70. The van der Waals surface area contributed by atoms with Gasteiger partial charge in [0, 0.05) is 31.9 Å². The minimum absolute atomic E-state index is 0.212. The largest absolute Gasteiger partial charge is 0.371 e. The van der Waals surface area contributed by atoms with Gasteiger partial charge in [-0.3, -0.25) is 4.79 Å². The molecule has 4 heteroatoms. The maximum Gasteiger partial charge on any atom is 0.255 e. The predicted octanol–water partition coefficient (Wildman–Crippen LogP) is 2.28. The van der Waals surface area contributed by atoms with Crippen molar-refractivity contribution in [2.75, 3.05) is 44.7 Å². The summed E-state index contributed by atoms with van der Waals surface area (Å²) in [6.45, 7) is 6.98. The minimum Gasteiger partial charge on any atom is -0.371 e. The van der Waals surface area contributed by atoms with Gasteiger partial charge in [-0.25, -0.2) is 0 Å². The third-order valence-corrected chi connectivity index (χ3v) is 4.90. The van der Waals surface area contributed by atoms with Crippen LogP contribution in [0.5, 0.6) is 0 Å². The highest BCUT2D eigenvalue weighted by Gasteiger charge is 2.29. The van der Waals surface area contributed by atoms with E-state index < -0.39 is 0 Å². The summed E-state index contributed by atoms with van der Waals surface area (Å²) >= 11 is 0. The van der Waals surface area contributed by atoms with Crippen LogP contribution in [-0.2, 0) is 0 Å². The van der Waals surface area contributed by atoms with E-state index in [4.69, 9.17) is 0 Å². The summed E-state index contributed by atoms with van der Waals surface area (Å²) in [5.74, 6) is 0.804. The Morgan fingerprint density at radius 3 is 2.77 bits per heavy atom. The number of nitrogens with zero attached hydrogens (tertiary/aromatic N) is 2. The zero-order valence-corrected chi connectivity index (χ0v) is 13.8. The van der Waals surface area contributed by atoms with Gasteiger partial charge in [-0.1, -0.05) is 11.6 Å². The highest BCUT2D eigenvalue weighted by atomic mass is 16.2. The normalized spacial score (nSPS) is 21.6. The molecule has 3 rings (SSSR count). The summed E-state index contributed by atoms with van der Waals surface area (Å²) in [5.41, 5.74) is 3.19. The average molecular weight is 301 g/mol. The standard InChI is InChI=1S/C18H27N3O/c1-14-5-6-17(20-8-3-4-9-20)16(11-14)18(22)21-10-7-15(13-21)12-19-2/h5-6,11,15,19H,3-4,7-10,12-13H2,1-2H3/t15-/m0/s1. The molecule has 2 aliphatic rings. The van der Waals surface area contributed by atoms with Gasteiger partial charge in [0.25, 0.3) is 5.91 Å². The Balaban J connectivity index is 1.81. The molecule has 2 aliphatic heterocycles. The molecule has 2 fully saturated rings. The second kappa shape index (κ2) is 6.69. The van der Waals surface area contributed by atoms with Gasteiger partial charge in [0.15, 0.2) is 0 Å². The highest BCUT2D eigenvalue weighted by molar-refractivity contribution is 6.00. The Bertz CT molecular complexity index is 537. The number of likely N-dealkylation sites (tertiary alicyclic amines) is 1. The summed E-state index contributed by atoms with van der Waals surface area (Å²) in [5, 5.41) is 3.23. The summed E-state index contributed by atoms with van der Waals surface area (Å²) in [6, 6.07) is 6.33. The number of nitrogens with one attached hydrogen (secondary N) is 1. The van der Waals surface area contributed by atoms with Crippen molar-refractivity contribution in [3.05, 3.63) is 29.3 Å². The number of aryl methyl sites for hydroxylation is 1. The lowest BCUT2D eigenvalue weighted by molar-refractivity contribution is 0.0787. The van der Waals surface area contributed by atoms with Crippen molar-refractivity contribution in [3.63, 3.8) is 0 Å². The van der Waals surface area contributed by atoms with Crippen LogP contribution in [0.15, 0.2) is 18.2 Å². The highest BCUT2D eigenvalue weighted by Crippen LogP contribution is 2.28. The van der Waals surface area contributed by atoms with Crippen LogP contribution in [-0.4, -0.2) is 50.6 Å². The molecule has 1 amide bonds. The molecule has 0 aromatic heterocycles. The van der Waals surface area contributed by atoms with Crippen LogP contribution < -0.4 is 10.2 Å². The van der Waals surface area contributed by atoms with Gasteiger partial charge in [-0.15, -0.1) is 0 Å². The smallest absolute Gasteiger partial charge is 0.255 e. The fourth-order valence-electron chi connectivity index (χ4n) is 3.70. The number of anilines is 1. The lowest BCUT2D eigenvalue weighted by Crippen LogP contribution is -2.32. The molecule has 2 heterocycles. The summed E-state index contributed by atoms with van der Waals surface area (Å²) < 4.78 is 0. The third kappa shape index (κ3) is 3.12. The van der Waals surface area contributed by atoms with Gasteiger partial charge in [-0.2, -0.15) is 0 Å². The molecule has 1 aromatic rings. The second-order valence-corrected chi connectivity index (χ2v) is 6.68. The monoisotopic (exact) mass is 301 g/mol. The van der Waals surface area contributed by atoms with Crippen molar-refractivity contribution in [1.29, 1.82) is 0 Å². The second-order valence-electron chi connectivity index (χ2n) is 6.68. The van der Waals surface area contributed by atoms with Crippen molar-refractivity contribution in [3.8, 4) is 0 Å². The average Bonchev–Trinajstić information content (AvgIpc) is 3.18. The molecule has 120 valence electrons. The van der Waals surface area contributed by atoms with Crippen molar-refractivity contribution < 1.29 is 4.79 Å². The van der Waals surface area contributed by atoms with Crippen LogP contribution in [0.2, 0.25) is 0 Å². The third-order valence-electron chi connectivity index (χ3n) is 4.90. The number of hydrogen-bond acceptors (Lipinski definition) is 3. The Morgan fingerprint density at radius 2 is 2.05 bits per heavy atom. The molecule has 1 aromatic carbocycles. The van der Waals surface area contributed by atoms with Crippen LogP contribution in [0.1, 0.15) is 35.2 Å². The van der Waals surface area contributed by atoms with E-state index in [1.54, 1.807) is 0 Å². The maximum atomic E-state index is 13.0. The summed E-state index contributed by atoms with van der Waals surface area (Å²) in [4.78, 5) is 17.4. The van der Waals surface area contributed by atoms with Gasteiger partial charge in [0.1, 0.15) is 0 Å². The van der Waals surface area contributed by atoms with Crippen molar-refractivity contribution in [1.82, 2.24) is 10.2 Å². The quantitative estimate of drug-likeness (QED) is 0.927. The van der Waals surface area contributed by atoms with E-state index in [1.807, 2.05) is 11.9 Å². The molecule has 1 atom stereocenters. The zero-order valence-electron chi connectivity index (χ0n) is 13.8. The first-order valence-corrected chi connectivity index (χ1v) is 8.48. The molecular formula is C18H27N3O. The van der Waals surface area contributed by atoms with Crippen LogP contribution in [0.4, 0.5) is 5.69 Å². The molecule has 22 heavy (non-hydrogen) atoms. The first kappa shape index (κ1) is 15.3. The molecule has 0 saturated carbocycles. The van der Waals surface area contributed by atoms with E-state index in [0.29, 0.717) is 5.92 Å². The number of rotatable bonds is 4. The molecule has 0 radical (unpaired) electrons. The van der Waals surface area contributed by atoms with Crippen LogP contribution in [0.3, 0.4) is 0 Å². The van der Waals surface area contributed by atoms with Crippen LogP contribution in [0.25, 0.3) is 0 Å². The van der Waals surface area contributed by atoms with Gasteiger partial charge in [0.05, 0.1) is 5.56 Å². The van der Waals surface area contributed by atoms with E-state index in [2.05, 4.69) is 35.3 Å². The number of carbonyl (C=O) groups excluding carboxylic acids is 1. The Labute approximate surface area is 133 Å². The summed E-state index contributed by atoms with van der Waals surface area (Å²) in [7, 11) is 1.98. The minimum atomic E-state index is 0.212. The SMILES string of the molecule is CNC[C@@H]1CCN(C(=O)c2cc(C)ccc2N2CCCC2)C1. The molecule has 0 unspecified atom stereocenters. The molecule has 1 N–H and O–H groups in total. The summed E-state index contributed by atoms with van der Waals surface area (Å²) in [6.07, 6.45) is 3.57. The number of carbonyl (C=O) groups is 1. The number of benzene rings is 1. The Hall–Kier alpha value is -1.55. The molecule has 0 spiro atoms. The van der Waals surface area contributed by atoms with Crippen molar-refractivity contribution in [2.24, 2.45) is 5.92 Å². The zero-order chi connectivity index (χ0) is 15.5. The maximum absolute atomic E-state index is 13.0. The molecule has 2 saturated heterocycles. The van der Waals surface area contributed by atoms with Gasteiger partial charge in [-0.05, 0) is 57.8 Å². The van der Waals surface area contributed by atoms with Gasteiger partial charge >= 0.3 is 0 Å². The van der Waals surface area contributed by atoms with E-state index in [0.717, 1.165) is 56.0 Å². The van der Waals surface area contributed by atoms with Crippen molar-refractivity contribution in [2.45, 2.75) is 26.2 Å². The molecule has 0 aliphatic carbocycles. The first-order valence-electron chi connectivity index (χ1n) is 8.48. The van der Waals surface area contributed by atoms with E-state index in [9.17, 15) is 4.79 Å². The fraction of sp³-hybridized carbons (Fsp3) is 0.611.